The van der Waals surface area contributed by atoms with E-state index in [-0.39, 0.29) is 6.71 Å². The average molecular weight is 841 g/mol. The van der Waals surface area contributed by atoms with Gasteiger partial charge in [0.25, 0.3) is 6.71 Å². The minimum Gasteiger partial charge on any atom is -0.311 e. The van der Waals surface area contributed by atoms with Gasteiger partial charge in [-0.1, -0.05) is 140 Å². The summed E-state index contributed by atoms with van der Waals surface area (Å²) >= 11 is 5.75. The third kappa shape index (κ3) is 4.97. The van der Waals surface area contributed by atoms with Crippen molar-refractivity contribution in [3.05, 3.63) is 200 Å². The molecule has 0 unspecified atom stereocenters. The highest BCUT2D eigenvalue weighted by atomic mass is 32.1. The van der Waals surface area contributed by atoms with Gasteiger partial charge in [0.1, 0.15) is 0 Å². The van der Waals surface area contributed by atoms with Gasteiger partial charge in [-0.25, -0.2) is 0 Å². The van der Waals surface area contributed by atoms with E-state index in [4.69, 9.17) is 0 Å². The molecule has 0 bridgehead atoms. The molecule has 0 radical (unpaired) electrons. The molecule has 0 saturated carbocycles. The van der Waals surface area contributed by atoms with Crippen LogP contribution < -0.4 is 25.5 Å². The Morgan fingerprint density at radius 1 is 0.339 bits per heavy atom. The summed E-state index contributed by atoms with van der Waals surface area (Å²) in [5.41, 5.74) is 15.0. The summed E-state index contributed by atoms with van der Waals surface area (Å²) in [5, 5.41) is 6.54. The van der Waals surface area contributed by atoms with Crippen LogP contribution in [0.2, 0.25) is 0 Å². The van der Waals surface area contributed by atoms with Crippen molar-refractivity contribution in [2.24, 2.45) is 0 Å². The largest absolute Gasteiger partial charge is 0.311 e. The van der Waals surface area contributed by atoms with Gasteiger partial charge in [0, 0.05) is 73.3 Å². The van der Waals surface area contributed by atoms with Gasteiger partial charge in [0.2, 0.25) is 0 Å². The molecule has 9 aromatic carbocycles. The van der Waals surface area contributed by atoms with Crippen LogP contribution in [0.15, 0.2) is 200 Å². The van der Waals surface area contributed by atoms with Gasteiger partial charge in [-0.2, -0.15) is 0 Å². The summed E-state index contributed by atoms with van der Waals surface area (Å²) < 4.78 is 7.93. The maximum Gasteiger partial charge on any atom is 0.264 e. The van der Waals surface area contributed by atoms with Gasteiger partial charge in [-0.05, 0) is 93.8 Å². The zero-order valence-corrected chi connectivity index (χ0v) is 35.7. The van der Waals surface area contributed by atoms with Crippen molar-refractivity contribution < 1.29 is 0 Å². The van der Waals surface area contributed by atoms with E-state index in [0.717, 1.165) is 0 Å². The molecule has 3 aromatic heterocycles. The first-order chi connectivity index (χ1) is 30.7. The molecule has 62 heavy (non-hydrogen) atoms. The van der Waals surface area contributed by atoms with Gasteiger partial charge >= 0.3 is 0 Å². The number of benzene rings is 9. The lowest BCUT2D eigenvalue weighted by Gasteiger charge is -2.43. The molecule has 0 atom stereocenters. The van der Waals surface area contributed by atoms with Crippen LogP contribution in [0.25, 0.3) is 72.7 Å². The third-order valence-corrected chi connectivity index (χ3v) is 16.6. The lowest BCUT2D eigenvalue weighted by molar-refractivity contribution is 1.27. The van der Waals surface area contributed by atoms with Gasteiger partial charge in [0.15, 0.2) is 0 Å². The first-order valence-electron chi connectivity index (χ1n) is 21.1. The van der Waals surface area contributed by atoms with E-state index in [1.807, 2.05) is 34.0 Å². The van der Waals surface area contributed by atoms with Crippen LogP contribution in [0.5, 0.6) is 0 Å². The summed E-state index contributed by atoms with van der Waals surface area (Å²) in [6.07, 6.45) is 0. The highest BCUT2D eigenvalue weighted by Crippen LogP contribution is 2.52. The second kappa shape index (κ2) is 13.3. The molecular formula is C56H33BN2S3. The number of thiophene rings is 3. The lowest BCUT2D eigenvalue weighted by Crippen LogP contribution is -2.60. The third-order valence-electron chi connectivity index (χ3n) is 13.0. The molecule has 5 heterocycles. The van der Waals surface area contributed by atoms with Crippen LogP contribution in [0.4, 0.5) is 34.1 Å². The number of rotatable bonds is 4. The van der Waals surface area contributed by atoms with Crippen molar-refractivity contribution >= 4 is 141 Å². The summed E-state index contributed by atoms with van der Waals surface area (Å²) in [4.78, 5) is 5.19. The molecule has 2 aliphatic rings. The molecular weight excluding hydrogens is 808 g/mol. The van der Waals surface area contributed by atoms with E-state index >= 15 is 0 Å². The Hall–Kier alpha value is -6.96. The predicted molar refractivity (Wildman–Crippen MR) is 272 cm³/mol. The van der Waals surface area contributed by atoms with E-state index in [1.165, 1.54) is 123 Å². The Balaban J connectivity index is 1.08. The molecule has 6 heteroatoms. The zero-order chi connectivity index (χ0) is 40.5. The monoisotopic (exact) mass is 840 g/mol. The number of anilines is 6. The molecule has 288 valence electrons. The molecule has 0 aliphatic carbocycles. The van der Waals surface area contributed by atoms with Gasteiger partial charge in [0.05, 0.1) is 16.1 Å². The Labute approximate surface area is 370 Å². The lowest BCUT2D eigenvalue weighted by atomic mass is 9.36. The average Bonchev–Trinajstić information content (AvgIpc) is 4.03. The molecule has 2 aliphatic heterocycles. The second-order valence-corrected chi connectivity index (χ2v) is 19.6. The molecule has 0 saturated heterocycles. The van der Waals surface area contributed by atoms with E-state index in [1.54, 1.807) is 0 Å². The van der Waals surface area contributed by atoms with Crippen LogP contribution in [-0.4, -0.2) is 6.71 Å². The molecule has 2 nitrogen and oxygen atoms in total. The van der Waals surface area contributed by atoms with E-state index < -0.39 is 0 Å². The number of hydrogen-bond acceptors (Lipinski definition) is 5. The van der Waals surface area contributed by atoms with Crippen molar-refractivity contribution in [2.45, 2.75) is 0 Å². The smallest absolute Gasteiger partial charge is 0.264 e. The molecule has 0 fully saturated rings. The van der Waals surface area contributed by atoms with Crippen LogP contribution >= 0.6 is 34.0 Å². The summed E-state index contributed by atoms with van der Waals surface area (Å²) in [7, 11) is 0. The van der Waals surface area contributed by atoms with E-state index in [2.05, 4.69) is 210 Å². The SMILES string of the molecule is c1ccc(-c2ccc3c(c2)N(c2ccc4c(c2)sc2ccccc24)c2cccc4c2B3c2sc3ccc(-c5ccccc5)cc3c2N4c2cccc3c2sc2ccccc23)cc1. The quantitative estimate of drug-likeness (QED) is 0.163. The van der Waals surface area contributed by atoms with Crippen molar-refractivity contribution in [1.29, 1.82) is 0 Å². The second-order valence-electron chi connectivity index (χ2n) is 16.4. The van der Waals surface area contributed by atoms with Crippen molar-refractivity contribution in [1.82, 2.24) is 0 Å². The van der Waals surface area contributed by atoms with E-state index in [0.29, 0.717) is 0 Å². The van der Waals surface area contributed by atoms with E-state index in [9.17, 15) is 0 Å². The maximum absolute atomic E-state index is 2.63. The zero-order valence-electron chi connectivity index (χ0n) is 33.2. The Kier molecular flexibility index (Phi) is 7.43. The van der Waals surface area contributed by atoms with Gasteiger partial charge in [-0.15, -0.1) is 34.0 Å². The summed E-state index contributed by atoms with van der Waals surface area (Å²) in [6, 6.07) is 74.7. The molecule has 12 aromatic rings. The van der Waals surface area contributed by atoms with Crippen LogP contribution in [0.3, 0.4) is 0 Å². The van der Waals surface area contributed by atoms with Crippen LogP contribution in [0, 0.1) is 0 Å². The van der Waals surface area contributed by atoms with Gasteiger partial charge < -0.3 is 9.80 Å². The number of hydrogen-bond donors (Lipinski definition) is 0. The molecule has 14 rings (SSSR count). The van der Waals surface area contributed by atoms with Gasteiger partial charge in [-0.3, -0.25) is 0 Å². The highest BCUT2D eigenvalue weighted by Gasteiger charge is 2.45. The fourth-order valence-corrected chi connectivity index (χ4v) is 14.0. The van der Waals surface area contributed by atoms with Crippen molar-refractivity contribution in [2.75, 3.05) is 9.80 Å². The Morgan fingerprint density at radius 3 is 1.73 bits per heavy atom. The maximum atomic E-state index is 2.63. The number of nitrogens with zero attached hydrogens (tertiary/aromatic N) is 2. The predicted octanol–water partition coefficient (Wildman–Crippen LogP) is 15.1. The Bertz CT molecular complexity index is 3790. The van der Waals surface area contributed by atoms with Crippen molar-refractivity contribution in [3.8, 4) is 22.3 Å². The molecule has 0 amide bonds. The number of fused-ring (bicyclic) bond motifs is 12. The summed E-state index contributed by atoms with van der Waals surface area (Å²) in [6.45, 7) is 0.0377. The topological polar surface area (TPSA) is 6.48 Å². The highest BCUT2D eigenvalue weighted by molar-refractivity contribution is 7.34. The Morgan fingerprint density at radius 2 is 0.935 bits per heavy atom. The standard InChI is InChI=1S/C56H33BN2S3/c1-3-13-34(14-4-1)36-26-30-51-43(31-36)54-56(62-51)57-44-29-25-37(35-15-5-2-6-16-35)32-48(44)58(38-27-28-41-39-17-7-9-23-49(39)60-52(41)33-38)45-20-12-21-46(53(45)57)59(54)47-22-11-19-42-40-18-8-10-24-50(40)61-55(42)47/h1-33H. The summed E-state index contributed by atoms with van der Waals surface area (Å²) in [5.74, 6) is 0. The van der Waals surface area contributed by atoms with Crippen LogP contribution in [-0.2, 0) is 0 Å². The van der Waals surface area contributed by atoms with Crippen molar-refractivity contribution in [3.63, 3.8) is 0 Å². The first-order valence-corrected chi connectivity index (χ1v) is 23.6. The minimum atomic E-state index is 0.0377. The first kappa shape index (κ1) is 34.7. The van der Waals surface area contributed by atoms with Crippen LogP contribution in [0.1, 0.15) is 0 Å². The molecule has 0 spiro atoms. The fourth-order valence-electron chi connectivity index (χ4n) is 10.3. The minimum absolute atomic E-state index is 0.0377. The molecule has 0 N–H and O–H groups in total. The normalized spacial score (nSPS) is 13.1. The fraction of sp³-hybridized carbons (Fsp3) is 0.